The molecule has 6 rings (SSSR count). The second kappa shape index (κ2) is 51.5. The molecule has 5 saturated heterocycles. The zero-order valence-electron chi connectivity index (χ0n) is 62.8. The lowest BCUT2D eigenvalue weighted by atomic mass is 9.79. The first kappa shape index (κ1) is 106. The highest BCUT2D eigenvalue weighted by Gasteiger charge is 2.48. The van der Waals surface area contributed by atoms with Gasteiger partial charge in [0.05, 0.1) is 19.8 Å². The zero-order valence-corrected chi connectivity index (χ0v) is 89.1. The van der Waals surface area contributed by atoms with E-state index in [9.17, 15) is 38.4 Å². The number of piperidine rings is 3. The van der Waals surface area contributed by atoms with Crippen molar-refractivity contribution in [3.63, 3.8) is 0 Å². The minimum atomic E-state index is -0.982. The van der Waals surface area contributed by atoms with Crippen molar-refractivity contribution in [2.75, 3.05) is 113 Å². The summed E-state index contributed by atoms with van der Waals surface area (Å²) in [5.41, 5.74) is 5.31. The molecule has 1 aliphatic carbocycles. The fourth-order valence-electron chi connectivity index (χ4n) is 12.1. The molecule has 36 heteroatoms. The van der Waals surface area contributed by atoms with Crippen LogP contribution in [0.2, 0.25) is 0 Å². The van der Waals surface area contributed by atoms with Crippen molar-refractivity contribution in [2.24, 2.45) is 5.73 Å². The van der Waals surface area contributed by atoms with Crippen molar-refractivity contribution in [3.8, 4) is 0 Å². The van der Waals surface area contributed by atoms with Crippen LogP contribution in [0.5, 0.6) is 0 Å². The van der Waals surface area contributed by atoms with Crippen molar-refractivity contribution in [1.82, 2.24) is 24.5 Å². The number of likely N-dealkylation sites (tertiary alicyclic amines) is 4. The topological polar surface area (TPSA) is 262 Å². The van der Waals surface area contributed by atoms with Crippen LogP contribution in [0.3, 0.4) is 0 Å². The van der Waals surface area contributed by atoms with E-state index in [1.54, 1.807) is 20.8 Å². The number of carbonyl (C=O) groups excluding carboxylic acids is 8. The summed E-state index contributed by atoms with van der Waals surface area (Å²) in [6.45, 7) is 34.1. The lowest BCUT2D eigenvalue weighted by Gasteiger charge is -2.53. The van der Waals surface area contributed by atoms with Crippen LogP contribution in [-0.4, -0.2) is 254 Å². The summed E-state index contributed by atoms with van der Waals surface area (Å²) in [6.07, 6.45) is 14.5. The molecule has 0 aromatic carbocycles. The third kappa shape index (κ3) is 43.6. The van der Waals surface area contributed by atoms with Crippen LogP contribution in [0, 0.1) is 0 Å². The molecule has 2 N–H and O–H groups in total. The number of esters is 8. The van der Waals surface area contributed by atoms with Crippen LogP contribution in [0.4, 0.5) is 0 Å². The minimum Gasteiger partial charge on any atom is -0.465 e. The van der Waals surface area contributed by atoms with Crippen LogP contribution in [0.25, 0.3) is 0 Å². The van der Waals surface area contributed by atoms with Gasteiger partial charge in [0.2, 0.25) is 1.01 Å². The van der Waals surface area contributed by atoms with E-state index in [1.807, 2.05) is 74.7 Å². The molecular weight excluding hydrogens is 2680 g/mol. The Kier molecular flexibility index (Phi) is 52.6. The maximum absolute atomic E-state index is 12.0. The fraction of sp³-hybridized carbons (Fsp3) is 0.882. The Labute approximate surface area is 782 Å². The molecule has 608 valence electrons. The predicted octanol–water partition coefficient (Wildman–Crippen LogP) is 15.9. The van der Waals surface area contributed by atoms with Crippen molar-refractivity contribution < 1.29 is 81.0 Å². The van der Waals surface area contributed by atoms with Gasteiger partial charge in [0, 0.05) is 80.1 Å². The molecule has 6 unspecified atom stereocenters. The summed E-state index contributed by atoms with van der Waals surface area (Å²) < 4.78 is 44.9. The first-order chi connectivity index (χ1) is 47.7. The predicted molar refractivity (Wildman–Crippen MR) is 506 cm³/mol. The average molecular weight is 2800 g/mol. The van der Waals surface area contributed by atoms with Crippen molar-refractivity contribution in [3.05, 3.63) is 0 Å². The highest BCUT2D eigenvalue weighted by Crippen LogP contribution is 2.43. The highest BCUT2D eigenvalue weighted by atomic mass is 127. The molecule has 6 aliphatic rings. The Morgan fingerprint density at radius 1 is 0.500 bits per heavy atom. The van der Waals surface area contributed by atoms with Gasteiger partial charge in [0.15, 0.2) is 0 Å². The first-order valence-corrected chi connectivity index (χ1v) is 48.7. The summed E-state index contributed by atoms with van der Waals surface area (Å²) >= 11 is 30.2. The molecule has 0 aromatic rings. The number of morpholine rings is 1. The molecule has 0 radical (unpaired) electrons. The fourth-order valence-corrected chi connectivity index (χ4v) is 13.9. The third-order valence-electron chi connectivity index (χ3n) is 18.5. The van der Waals surface area contributed by atoms with E-state index in [4.69, 9.17) is 48.4 Å². The Hall–Kier alpha value is 4.22. The van der Waals surface area contributed by atoms with Gasteiger partial charge in [-0.05, 0) is 352 Å². The third-order valence-corrected chi connectivity index (χ3v) is 24.2. The molecule has 1 saturated carbocycles. The van der Waals surface area contributed by atoms with E-state index >= 15 is 0 Å². The molecule has 0 amide bonds. The molecule has 0 aromatic heterocycles. The van der Waals surface area contributed by atoms with Crippen molar-refractivity contribution in [1.29, 1.82) is 0 Å². The van der Waals surface area contributed by atoms with Crippen LogP contribution in [0.15, 0.2) is 0 Å². The van der Waals surface area contributed by atoms with Crippen LogP contribution in [0.1, 0.15) is 179 Å². The van der Waals surface area contributed by atoms with Crippen LogP contribution >= 0.6 is 274 Å². The monoisotopic (exact) mass is 2790 g/mol. The summed E-state index contributed by atoms with van der Waals surface area (Å²) in [5.74, 6) is -1.93. The number of ether oxygens (including phenoxy) is 9. The molecule has 5 aliphatic heterocycles. The number of nitrogens with two attached hydrogens (primary N) is 1. The summed E-state index contributed by atoms with van der Waals surface area (Å²) in [4.78, 5) is 104. The molecule has 104 heavy (non-hydrogen) atoms. The number of hydrogen-bond donors (Lipinski definition) is 1. The summed E-state index contributed by atoms with van der Waals surface area (Å²) in [7, 11) is 6.42. The van der Waals surface area contributed by atoms with Gasteiger partial charge in [-0.25, -0.2) is 14.4 Å². The zero-order chi connectivity index (χ0) is 80.0. The normalized spacial score (nSPS) is 22.3. The number of alkyl halides is 13. The second-order valence-corrected chi connectivity index (χ2v) is 65.4. The molecule has 23 nitrogen and oxygen atoms in total. The quantitative estimate of drug-likeness (QED) is 0.0328. The van der Waals surface area contributed by atoms with Crippen molar-refractivity contribution in [2.45, 2.75) is 248 Å². The maximum Gasteiger partial charge on any atom is 0.345 e. The molecular formula is C68H113Br3I10N6O17. The number of rotatable bonds is 23. The molecule has 6 fully saturated rings. The van der Waals surface area contributed by atoms with E-state index in [0.717, 1.165) is 97.3 Å². The number of halogens is 13. The van der Waals surface area contributed by atoms with Gasteiger partial charge >= 0.3 is 47.8 Å². The van der Waals surface area contributed by atoms with Gasteiger partial charge in [-0.2, -0.15) is 0 Å². The van der Waals surface area contributed by atoms with Gasteiger partial charge in [-0.15, -0.1) is 0 Å². The van der Waals surface area contributed by atoms with E-state index < -0.39 is 6.55 Å². The Balaban J connectivity index is 0.000000627. The van der Waals surface area contributed by atoms with E-state index in [2.05, 4.69) is 307 Å². The molecule has 0 spiro atoms. The van der Waals surface area contributed by atoms with Gasteiger partial charge < -0.3 is 53.3 Å². The lowest BCUT2D eigenvalue weighted by molar-refractivity contribution is -0.158. The van der Waals surface area contributed by atoms with E-state index in [1.165, 1.54) is 38.6 Å². The van der Waals surface area contributed by atoms with E-state index in [0.29, 0.717) is 38.6 Å². The smallest absolute Gasteiger partial charge is 0.345 e. The second-order valence-electron chi connectivity index (χ2n) is 29.1. The Bertz CT molecular complexity index is 2530. The number of hydrogen-bond acceptors (Lipinski definition) is 23. The molecule has 5 heterocycles. The number of nitrogens with zero attached hydrogens (tertiary/aromatic N) is 5. The van der Waals surface area contributed by atoms with E-state index in [-0.39, 0.29) is 124 Å². The average Bonchev–Trinajstić information content (AvgIpc) is 0.787. The number of carbonyl (C=O) groups is 8. The lowest BCUT2D eigenvalue weighted by Crippen LogP contribution is -2.60. The minimum absolute atomic E-state index is 0.0115. The van der Waals surface area contributed by atoms with Gasteiger partial charge in [0.25, 0.3) is 0 Å². The highest BCUT2D eigenvalue weighted by molar-refractivity contribution is 14.3. The van der Waals surface area contributed by atoms with Crippen molar-refractivity contribution >= 4 is 321 Å². The van der Waals surface area contributed by atoms with Gasteiger partial charge in [-0.1, -0.05) is 116 Å². The largest absolute Gasteiger partial charge is 0.465 e. The standard InChI is InChI=1S/C14H23I2NO4.C12H20Br3NO2.C12H20I3NO2.C12H20INO4.C10H18INO2.C8H12I3NO3/c1-10(15)13(18)20-9-12(21-14(19)11(2)16)8-17-6-4-3-5-7-17;2*1-10(2)6-8(7-11(3,4)16(10)5)18-9(17)12(13,14)15;1-9(13)10(15)17-7-8-18-11(16)12(14)5-3-2-4-6-12;1-8(11)10(13)14-7-5-9-4-3-6-12(9)2;9-8(10,11)7(13)15-6-3-12-1-4-14-5-2-12/h10-12H,3-9H2,1-2H3;2*8H,6-7H2,1-5H3;9H,2-8,14H2,1H3;8-9H,3-7H2,1-2H3;1-6H2. The van der Waals surface area contributed by atoms with Gasteiger partial charge in [0.1, 0.15) is 66.0 Å². The Morgan fingerprint density at radius 3 is 1.33 bits per heavy atom. The molecule has 6 atom stereocenters. The SMILES string of the molecule is CC(I)C(=O)OCC(CN1CCCCC1)OC(=O)C(C)I.CC(I)C(=O)OCCC1CCCN1C.CC(I)C(=O)OCCOC(=O)C1(N)CCCCC1.CN1C(C)(C)CC(OC(=O)C(Br)(Br)Br)CC1(C)C.CN1C(C)(C)CC(OC(=O)C(I)(I)I)CC1(C)C.O=C(OCCN1CCOCC1)C(I)(I)I. The van der Waals surface area contributed by atoms with Crippen LogP contribution in [-0.2, 0) is 81.0 Å². The van der Waals surface area contributed by atoms with Gasteiger partial charge in [-0.3, -0.25) is 43.6 Å². The Morgan fingerprint density at radius 2 is 0.913 bits per heavy atom. The first-order valence-electron chi connectivity index (χ1n) is 34.9. The summed E-state index contributed by atoms with van der Waals surface area (Å²) in [5, 5.41) is 0. The van der Waals surface area contributed by atoms with Crippen LogP contribution < -0.4 is 5.73 Å². The summed E-state index contributed by atoms with van der Waals surface area (Å²) in [6, 6.07) is 0.618. The molecule has 0 bridgehead atoms. The maximum atomic E-state index is 12.0.